The maximum absolute atomic E-state index is 11.2. The first-order valence-electron chi connectivity index (χ1n) is 4.93. The summed E-state index contributed by atoms with van der Waals surface area (Å²) in [5.41, 5.74) is 0. The van der Waals surface area contributed by atoms with Gasteiger partial charge >= 0.3 is 0 Å². The summed E-state index contributed by atoms with van der Waals surface area (Å²) in [6.45, 7) is 6.26. The summed E-state index contributed by atoms with van der Waals surface area (Å²) in [6.07, 6.45) is 3.81. The van der Waals surface area contributed by atoms with Gasteiger partial charge in [0.25, 0.3) is 0 Å². The molecule has 4 heteroatoms. The van der Waals surface area contributed by atoms with E-state index in [1.807, 2.05) is 19.3 Å². The van der Waals surface area contributed by atoms with Gasteiger partial charge in [0.1, 0.15) is 11.6 Å². The lowest BCUT2D eigenvalue weighted by atomic mass is 10.2. The molecule has 76 valence electrons. The van der Waals surface area contributed by atoms with E-state index in [9.17, 15) is 4.79 Å². The van der Waals surface area contributed by atoms with Crippen molar-refractivity contribution in [2.75, 3.05) is 6.54 Å². The molecule has 0 aromatic carbocycles. The Kier molecular flexibility index (Phi) is 2.37. The summed E-state index contributed by atoms with van der Waals surface area (Å²) in [4.78, 5) is 17.7. The second-order valence-electron chi connectivity index (χ2n) is 3.79. The second-order valence-corrected chi connectivity index (χ2v) is 3.79. The summed E-state index contributed by atoms with van der Waals surface area (Å²) in [5, 5.41) is 0. The molecule has 0 spiro atoms. The van der Waals surface area contributed by atoms with Gasteiger partial charge in [-0.1, -0.05) is 0 Å². The van der Waals surface area contributed by atoms with Gasteiger partial charge in [0.2, 0.25) is 0 Å². The van der Waals surface area contributed by atoms with Crippen LogP contribution in [-0.4, -0.2) is 32.8 Å². The topological polar surface area (TPSA) is 38.1 Å². The van der Waals surface area contributed by atoms with Gasteiger partial charge in [-0.2, -0.15) is 0 Å². The molecule has 2 rings (SSSR count). The van der Waals surface area contributed by atoms with Crippen LogP contribution in [0.5, 0.6) is 0 Å². The van der Waals surface area contributed by atoms with E-state index in [2.05, 4.69) is 14.5 Å². The van der Waals surface area contributed by atoms with Crippen molar-refractivity contribution < 1.29 is 4.79 Å². The van der Waals surface area contributed by atoms with Crippen LogP contribution in [0, 0.1) is 0 Å². The van der Waals surface area contributed by atoms with Crippen molar-refractivity contribution in [2.45, 2.75) is 33.0 Å². The highest BCUT2D eigenvalue weighted by atomic mass is 16.1. The third-order valence-electron chi connectivity index (χ3n) is 2.91. The molecular weight excluding hydrogens is 178 g/mol. The Labute approximate surface area is 83.5 Å². The summed E-state index contributed by atoms with van der Waals surface area (Å²) in [5.74, 6) is 1.29. The Balaban J connectivity index is 2.11. The van der Waals surface area contributed by atoms with E-state index in [0.717, 1.165) is 25.5 Å². The van der Waals surface area contributed by atoms with Gasteiger partial charge in [-0.15, -0.1) is 0 Å². The Morgan fingerprint density at radius 3 is 3.07 bits per heavy atom. The lowest BCUT2D eigenvalue weighted by Crippen LogP contribution is -2.42. The zero-order valence-corrected chi connectivity index (χ0v) is 8.60. The average Bonchev–Trinajstić information content (AvgIpc) is 2.62. The molecule has 0 fully saturated rings. The molecule has 2 heterocycles. The molecule has 1 aliphatic rings. The quantitative estimate of drug-likeness (QED) is 0.693. The van der Waals surface area contributed by atoms with Crippen molar-refractivity contribution in [3.8, 4) is 0 Å². The molecule has 0 N–H and O–H groups in total. The molecule has 0 saturated carbocycles. The van der Waals surface area contributed by atoms with Gasteiger partial charge in [0.15, 0.2) is 0 Å². The molecule has 0 aliphatic carbocycles. The van der Waals surface area contributed by atoms with Crippen LogP contribution in [0.1, 0.15) is 19.7 Å². The molecule has 0 amide bonds. The van der Waals surface area contributed by atoms with E-state index < -0.39 is 0 Å². The summed E-state index contributed by atoms with van der Waals surface area (Å²) < 4.78 is 2.14. The Morgan fingerprint density at radius 2 is 2.36 bits per heavy atom. The lowest BCUT2D eigenvalue weighted by Gasteiger charge is -2.31. The van der Waals surface area contributed by atoms with Crippen LogP contribution in [0.3, 0.4) is 0 Å². The van der Waals surface area contributed by atoms with E-state index in [1.54, 1.807) is 6.92 Å². The largest absolute Gasteiger partial charge is 0.333 e. The van der Waals surface area contributed by atoms with Crippen LogP contribution in [0.25, 0.3) is 0 Å². The minimum absolute atomic E-state index is 0.0143. The van der Waals surface area contributed by atoms with Gasteiger partial charge in [0, 0.05) is 25.5 Å². The minimum Gasteiger partial charge on any atom is -0.333 e. The van der Waals surface area contributed by atoms with Crippen LogP contribution in [0.15, 0.2) is 12.4 Å². The molecule has 1 aliphatic heterocycles. The maximum atomic E-state index is 11.2. The molecule has 0 radical (unpaired) electrons. The number of carbonyl (C=O) groups is 1. The van der Waals surface area contributed by atoms with Gasteiger partial charge in [-0.05, 0) is 13.8 Å². The first-order chi connectivity index (χ1) is 6.68. The number of hydrogen-bond acceptors (Lipinski definition) is 3. The number of rotatable bonds is 2. The van der Waals surface area contributed by atoms with Crippen LogP contribution in [0.2, 0.25) is 0 Å². The molecular formula is C10H15N3O. The molecule has 4 nitrogen and oxygen atoms in total. The fourth-order valence-electron chi connectivity index (χ4n) is 1.78. The standard InChI is InChI=1S/C10H15N3O/c1-8(9(2)14)13-6-5-12-4-3-11-10(12)7-13/h3-4,8H,5-7H2,1-2H3. The first-order valence-corrected chi connectivity index (χ1v) is 4.93. The van der Waals surface area contributed by atoms with E-state index in [4.69, 9.17) is 0 Å². The van der Waals surface area contributed by atoms with Crippen molar-refractivity contribution in [1.29, 1.82) is 0 Å². The van der Waals surface area contributed by atoms with E-state index >= 15 is 0 Å². The van der Waals surface area contributed by atoms with Gasteiger partial charge in [-0.25, -0.2) is 4.98 Å². The number of imidazole rings is 1. The third kappa shape index (κ3) is 1.57. The predicted molar refractivity (Wildman–Crippen MR) is 52.8 cm³/mol. The number of hydrogen-bond donors (Lipinski definition) is 0. The molecule has 0 bridgehead atoms. The summed E-state index contributed by atoms with van der Waals surface area (Å²) in [6, 6.07) is 0.0143. The van der Waals surface area contributed by atoms with Crippen molar-refractivity contribution in [2.24, 2.45) is 0 Å². The second kappa shape index (κ2) is 3.53. The number of aromatic nitrogens is 2. The molecule has 1 aromatic rings. The highest BCUT2D eigenvalue weighted by Crippen LogP contribution is 2.13. The number of ketones is 1. The van der Waals surface area contributed by atoms with E-state index in [0.29, 0.717) is 0 Å². The van der Waals surface area contributed by atoms with Crippen molar-refractivity contribution in [3.63, 3.8) is 0 Å². The van der Waals surface area contributed by atoms with E-state index in [-0.39, 0.29) is 11.8 Å². The van der Waals surface area contributed by atoms with Crippen molar-refractivity contribution >= 4 is 5.78 Å². The maximum Gasteiger partial charge on any atom is 0.146 e. The van der Waals surface area contributed by atoms with Gasteiger partial charge in [0.05, 0.1) is 12.6 Å². The highest BCUT2D eigenvalue weighted by molar-refractivity contribution is 5.80. The fourth-order valence-corrected chi connectivity index (χ4v) is 1.78. The SMILES string of the molecule is CC(=O)C(C)N1CCn2ccnc2C1. The van der Waals surface area contributed by atoms with Crippen molar-refractivity contribution in [3.05, 3.63) is 18.2 Å². The van der Waals surface area contributed by atoms with Gasteiger partial charge in [-0.3, -0.25) is 9.69 Å². The third-order valence-corrected chi connectivity index (χ3v) is 2.91. The number of carbonyl (C=O) groups excluding carboxylic acids is 1. The Hall–Kier alpha value is -1.16. The first kappa shape index (κ1) is 9.40. The fraction of sp³-hybridized carbons (Fsp3) is 0.600. The lowest BCUT2D eigenvalue weighted by molar-refractivity contribution is -0.122. The van der Waals surface area contributed by atoms with Crippen LogP contribution in [-0.2, 0) is 17.9 Å². The Morgan fingerprint density at radius 1 is 1.57 bits per heavy atom. The zero-order chi connectivity index (χ0) is 10.1. The summed E-state index contributed by atoms with van der Waals surface area (Å²) in [7, 11) is 0. The smallest absolute Gasteiger partial charge is 0.146 e. The monoisotopic (exact) mass is 193 g/mol. The average molecular weight is 193 g/mol. The number of nitrogens with zero attached hydrogens (tertiary/aromatic N) is 3. The van der Waals surface area contributed by atoms with Crippen LogP contribution in [0.4, 0.5) is 0 Å². The number of fused-ring (bicyclic) bond motifs is 1. The molecule has 0 saturated heterocycles. The van der Waals surface area contributed by atoms with Gasteiger partial charge < -0.3 is 4.57 Å². The molecule has 1 aromatic heterocycles. The van der Waals surface area contributed by atoms with E-state index in [1.165, 1.54) is 0 Å². The van der Waals surface area contributed by atoms with Crippen LogP contribution < -0.4 is 0 Å². The van der Waals surface area contributed by atoms with Crippen molar-refractivity contribution in [1.82, 2.24) is 14.5 Å². The summed E-state index contributed by atoms with van der Waals surface area (Å²) >= 11 is 0. The molecule has 1 atom stereocenters. The Bertz CT molecular complexity index is 345. The predicted octanol–water partition coefficient (Wildman–Crippen LogP) is 0.676. The highest BCUT2D eigenvalue weighted by Gasteiger charge is 2.23. The molecule has 14 heavy (non-hydrogen) atoms. The molecule has 1 unspecified atom stereocenters. The normalized spacial score (nSPS) is 19.0. The van der Waals surface area contributed by atoms with Crippen LogP contribution >= 0.6 is 0 Å². The minimum atomic E-state index is 0.0143. The number of Topliss-reactive ketones (excluding diaryl/α,β-unsaturated/α-hetero) is 1. The zero-order valence-electron chi connectivity index (χ0n) is 8.60.